The second-order valence-electron chi connectivity index (χ2n) is 8.32. The van der Waals surface area contributed by atoms with Gasteiger partial charge in [0.25, 0.3) is 0 Å². The molecule has 196 valence electrons. The molecule has 0 aliphatic carbocycles. The summed E-state index contributed by atoms with van der Waals surface area (Å²) in [5.41, 5.74) is -0.106. The highest BCUT2D eigenvalue weighted by atomic mass is 16.7. The van der Waals surface area contributed by atoms with Gasteiger partial charge in [0.2, 0.25) is 6.29 Å². The molecule has 4 N–H and O–H groups in total. The number of carbonyl (C=O) groups is 2. The standard InChI is InChI=1S/C25H24O12/c1-11(27)33-23-20(10-26)37-25(22(32)24(23)34-12(2)28)35-15-7-16(30)21-17(31)9-18(36-19(21)8-15)13-3-5-14(29)6-4-13/h3-9,20,22-26,29-30,32H,10H2,1-2H3/t20-,22-,23-,24-,25-/m1/s1. The van der Waals surface area contributed by atoms with Crippen molar-refractivity contribution in [2.45, 2.75) is 44.6 Å². The van der Waals surface area contributed by atoms with Gasteiger partial charge in [-0.3, -0.25) is 14.4 Å². The van der Waals surface area contributed by atoms with E-state index in [2.05, 4.69) is 0 Å². The van der Waals surface area contributed by atoms with E-state index >= 15 is 0 Å². The fraction of sp³-hybridized carbons (Fsp3) is 0.320. The molecule has 1 aliphatic heterocycles. The van der Waals surface area contributed by atoms with Crippen LogP contribution in [0.15, 0.2) is 51.7 Å². The Hall–Kier alpha value is -4.13. The molecule has 1 saturated heterocycles. The van der Waals surface area contributed by atoms with Crippen LogP contribution in [0.1, 0.15) is 13.8 Å². The molecule has 1 aromatic heterocycles. The lowest BCUT2D eigenvalue weighted by Crippen LogP contribution is -2.62. The fourth-order valence-electron chi connectivity index (χ4n) is 4.01. The largest absolute Gasteiger partial charge is 0.508 e. The van der Waals surface area contributed by atoms with E-state index in [-0.39, 0.29) is 28.2 Å². The number of hydrogen-bond donors (Lipinski definition) is 4. The summed E-state index contributed by atoms with van der Waals surface area (Å²) in [5, 5.41) is 40.5. The van der Waals surface area contributed by atoms with Crippen LogP contribution in [0, 0.1) is 0 Å². The van der Waals surface area contributed by atoms with E-state index in [1.54, 1.807) is 0 Å². The molecule has 12 heteroatoms. The number of phenols is 2. The molecule has 5 atom stereocenters. The van der Waals surface area contributed by atoms with Gasteiger partial charge in [0.15, 0.2) is 23.7 Å². The van der Waals surface area contributed by atoms with Crippen molar-refractivity contribution in [3.8, 4) is 28.6 Å². The predicted octanol–water partition coefficient (Wildman–Crippen LogP) is 1.19. The molecule has 12 nitrogen and oxygen atoms in total. The number of esters is 2. The van der Waals surface area contributed by atoms with E-state index in [0.29, 0.717) is 5.56 Å². The molecule has 0 unspecified atom stereocenters. The van der Waals surface area contributed by atoms with Gasteiger partial charge in [-0.05, 0) is 24.3 Å². The minimum absolute atomic E-state index is 0.0236. The lowest BCUT2D eigenvalue weighted by molar-refractivity contribution is -0.284. The van der Waals surface area contributed by atoms with Crippen LogP contribution in [0.25, 0.3) is 22.3 Å². The first-order valence-corrected chi connectivity index (χ1v) is 11.1. The van der Waals surface area contributed by atoms with Crippen LogP contribution >= 0.6 is 0 Å². The van der Waals surface area contributed by atoms with Gasteiger partial charge in [0.05, 0.1) is 6.61 Å². The first-order valence-electron chi connectivity index (χ1n) is 11.1. The number of carbonyl (C=O) groups excluding carboxylic acids is 2. The third-order valence-electron chi connectivity index (χ3n) is 5.59. The maximum absolute atomic E-state index is 12.7. The molecule has 2 aromatic carbocycles. The number of rotatable bonds is 6. The van der Waals surface area contributed by atoms with Gasteiger partial charge in [-0.15, -0.1) is 0 Å². The maximum atomic E-state index is 12.7. The molecule has 3 aromatic rings. The average molecular weight is 516 g/mol. The zero-order valence-electron chi connectivity index (χ0n) is 19.7. The molecule has 1 aliphatic rings. The Kier molecular flexibility index (Phi) is 7.34. The molecular formula is C25H24O12. The monoisotopic (exact) mass is 516 g/mol. The highest BCUT2D eigenvalue weighted by Gasteiger charge is 2.50. The van der Waals surface area contributed by atoms with E-state index in [9.17, 15) is 34.8 Å². The van der Waals surface area contributed by atoms with Crippen LogP contribution in [0.2, 0.25) is 0 Å². The van der Waals surface area contributed by atoms with E-state index in [1.165, 1.54) is 36.4 Å². The molecule has 0 saturated carbocycles. The van der Waals surface area contributed by atoms with Gasteiger partial charge in [0.1, 0.15) is 40.1 Å². The molecule has 37 heavy (non-hydrogen) atoms. The van der Waals surface area contributed by atoms with Crippen molar-refractivity contribution in [2.24, 2.45) is 0 Å². The number of hydrogen-bond acceptors (Lipinski definition) is 12. The Labute approximate surface area is 209 Å². The molecule has 0 radical (unpaired) electrons. The van der Waals surface area contributed by atoms with Gasteiger partial charge in [-0.25, -0.2) is 0 Å². The van der Waals surface area contributed by atoms with Crippen molar-refractivity contribution >= 4 is 22.9 Å². The van der Waals surface area contributed by atoms with Gasteiger partial charge < -0.3 is 43.8 Å². The number of aromatic hydroxyl groups is 2. The summed E-state index contributed by atoms with van der Waals surface area (Å²) < 4.78 is 27.3. The van der Waals surface area contributed by atoms with Gasteiger partial charge in [-0.1, -0.05) is 0 Å². The predicted molar refractivity (Wildman–Crippen MR) is 125 cm³/mol. The van der Waals surface area contributed by atoms with Crippen molar-refractivity contribution < 1.29 is 53.4 Å². The molecule has 4 rings (SSSR count). The summed E-state index contributed by atoms with van der Waals surface area (Å²) in [5.74, 6) is -1.93. The zero-order chi connectivity index (χ0) is 26.9. The minimum atomic E-state index is -1.68. The minimum Gasteiger partial charge on any atom is -0.508 e. The molecule has 0 amide bonds. The Morgan fingerprint density at radius 3 is 2.24 bits per heavy atom. The second-order valence-corrected chi connectivity index (χ2v) is 8.32. The van der Waals surface area contributed by atoms with E-state index in [1.807, 2.05) is 0 Å². The summed E-state index contributed by atoms with van der Waals surface area (Å²) in [6, 6.07) is 9.47. The van der Waals surface area contributed by atoms with Crippen molar-refractivity contribution in [3.63, 3.8) is 0 Å². The maximum Gasteiger partial charge on any atom is 0.303 e. The highest BCUT2D eigenvalue weighted by molar-refractivity contribution is 5.86. The molecule has 0 spiro atoms. The summed E-state index contributed by atoms with van der Waals surface area (Å²) in [6.07, 6.45) is -7.21. The Bertz CT molecular complexity index is 1360. The number of benzene rings is 2. The highest BCUT2D eigenvalue weighted by Crippen LogP contribution is 2.34. The van der Waals surface area contributed by atoms with E-state index in [0.717, 1.165) is 19.9 Å². The first kappa shape index (κ1) is 25.9. The Morgan fingerprint density at radius 2 is 1.62 bits per heavy atom. The quantitative estimate of drug-likeness (QED) is 0.344. The number of aliphatic hydroxyl groups is 2. The summed E-state index contributed by atoms with van der Waals surface area (Å²) in [7, 11) is 0. The van der Waals surface area contributed by atoms with Crippen molar-refractivity contribution in [1.82, 2.24) is 0 Å². The summed E-state index contributed by atoms with van der Waals surface area (Å²) in [6.45, 7) is 1.52. The zero-order valence-corrected chi connectivity index (χ0v) is 19.7. The number of ether oxygens (including phenoxy) is 4. The summed E-state index contributed by atoms with van der Waals surface area (Å²) >= 11 is 0. The number of fused-ring (bicyclic) bond motifs is 1. The second kappa shape index (κ2) is 10.5. The van der Waals surface area contributed by atoms with Crippen LogP contribution in [0.5, 0.6) is 17.2 Å². The third-order valence-corrected chi connectivity index (χ3v) is 5.59. The fourth-order valence-corrected chi connectivity index (χ4v) is 4.01. The Morgan fingerprint density at radius 1 is 0.973 bits per heavy atom. The average Bonchev–Trinajstić information content (AvgIpc) is 2.82. The van der Waals surface area contributed by atoms with E-state index < -0.39 is 60.4 Å². The molecular weight excluding hydrogens is 492 g/mol. The lowest BCUT2D eigenvalue weighted by atomic mass is 9.98. The lowest BCUT2D eigenvalue weighted by Gasteiger charge is -2.42. The number of aliphatic hydroxyl groups excluding tert-OH is 2. The van der Waals surface area contributed by atoms with E-state index in [4.69, 9.17) is 23.4 Å². The smallest absolute Gasteiger partial charge is 0.303 e. The van der Waals surface area contributed by atoms with Gasteiger partial charge in [-0.2, -0.15) is 0 Å². The molecule has 2 heterocycles. The van der Waals surface area contributed by atoms with Gasteiger partial charge >= 0.3 is 11.9 Å². The number of phenolic OH excluding ortho intramolecular Hbond substituents is 2. The van der Waals surface area contributed by atoms with Crippen LogP contribution in [0.4, 0.5) is 0 Å². The van der Waals surface area contributed by atoms with Crippen molar-refractivity contribution in [2.75, 3.05) is 6.61 Å². The summed E-state index contributed by atoms with van der Waals surface area (Å²) in [4.78, 5) is 35.8. The third kappa shape index (κ3) is 5.50. The normalized spacial score (nSPS) is 23.4. The van der Waals surface area contributed by atoms with Crippen LogP contribution in [-0.4, -0.2) is 69.7 Å². The molecule has 0 bridgehead atoms. The van der Waals surface area contributed by atoms with Crippen LogP contribution < -0.4 is 10.2 Å². The van der Waals surface area contributed by atoms with Crippen molar-refractivity contribution in [1.29, 1.82) is 0 Å². The molecule has 1 fully saturated rings. The van der Waals surface area contributed by atoms with Gasteiger partial charge in [0, 0.05) is 37.6 Å². The Balaban J connectivity index is 1.69. The SMILES string of the molecule is CC(=O)O[C@@H]1[C@@H](O)[C@H](Oc2cc(O)c3c(=O)cc(-c4ccc(O)cc4)oc3c2)O[C@H](CO)[C@H]1OC(C)=O. The van der Waals surface area contributed by atoms with Crippen LogP contribution in [0.3, 0.4) is 0 Å². The topological polar surface area (TPSA) is 182 Å². The van der Waals surface area contributed by atoms with Crippen LogP contribution in [-0.2, 0) is 23.8 Å². The first-order chi connectivity index (χ1) is 17.6. The van der Waals surface area contributed by atoms with Crippen molar-refractivity contribution in [3.05, 3.63) is 52.7 Å².